The number of primary amides is 1. The first-order valence-electron chi connectivity index (χ1n) is 5.42. The van der Waals surface area contributed by atoms with E-state index in [4.69, 9.17) is 5.73 Å². The van der Waals surface area contributed by atoms with E-state index in [9.17, 15) is 4.79 Å². The van der Waals surface area contributed by atoms with E-state index in [0.29, 0.717) is 6.42 Å². The van der Waals surface area contributed by atoms with Crippen LogP contribution in [-0.4, -0.2) is 5.91 Å². The number of rotatable bonds is 9. The second-order valence-corrected chi connectivity index (χ2v) is 3.63. The highest BCUT2D eigenvalue weighted by Gasteiger charge is 1.95. The van der Waals surface area contributed by atoms with Gasteiger partial charge in [-0.1, -0.05) is 49.8 Å². The van der Waals surface area contributed by atoms with Gasteiger partial charge in [0.25, 0.3) is 0 Å². The summed E-state index contributed by atoms with van der Waals surface area (Å²) in [5.74, 6) is -0.201. The first kappa shape index (κ1) is 13.7. The third-order valence-corrected chi connectivity index (χ3v) is 2.14. The van der Waals surface area contributed by atoms with Crippen LogP contribution in [0.2, 0.25) is 0 Å². The van der Waals surface area contributed by atoms with Crippen LogP contribution < -0.4 is 5.73 Å². The Labute approximate surface area is 92.6 Å². The molecule has 2 N–H and O–H groups in total. The van der Waals surface area contributed by atoms with Crippen molar-refractivity contribution >= 4 is 5.91 Å². The second kappa shape index (κ2) is 9.25. The third-order valence-electron chi connectivity index (χ3n) is 2.14. The van der Waals surface area contributed by atoms with Crippen molar-refractivity contribution in [2.75, 3.05) is 0 Å². The molecule has 0 aromatic carbocycles. The van der Waals surface area contributed by atoms with Crippen LogP contribution in [0.3, 0.4) is 0 Å². The van der Waals surface area contributed by atoms with Crippen LogP contribution in [0, 0.1) is 0 Å². The smallest absolute Gasteiger partial charge is 0.217 e. The van der Waals surface area contributed by atoms with Gasteiger partial charge >= 0.3 is 0 Å². The Bertz CT molecular complexity index is 241. The lowest BCUT2D eigenvalue weighted by Crippen LogP contribution is -2.09. The minimum Gasteiger partial charge on any atom is -0.370 e. The summed E-state index contributed by atoms with van der Waals surface area (Å²) in [6.45, 7) is 7.53. The van der Waals surface area contributed by atoms with Crippen LogP contribution in [0.25, 0.3) is 0 Å². The van der Waals surface area contributed by atoms with Gasteiger partial charge in [0.2, 0.25) is 5.91 Å². The molecule has 84 valence electrons. The Morgan fingerprint density at radius 2 is 1.73 bits per heavy atom. The van der Waals surface area contributed by atoms with Gasteiger partial charge in [0.1, 0.15) is 0 Å². The Kier molecular flexibility index (Phi) is 8.44. The van der Waals surface area contributed by atoms with E-state index >= 15 is 0 Å². The van der Waals surface area contributed by atoms with Gasteiger partial charge in [-0.25, -0.2) is 0 Å². The maximum atomic E-state index is 10.4. The van der Waals surface area contributed by atoms with Crippen LogP contribution in [-0.2, 0) is 4.79 Å². The zero-order valence-corrected chi connectivity index (χ0v) is 9.37. The van der Waals surface area contributed by atoms with Crippen molar-refractivity contribution in [3.8, 4) is 0 Å². The van der Waals surface area contributed by atoms with E-state index < -0.39 is 0 Å². The van der Waals surface area contributed by atoms with E-state index in [2.05, 4.69) is 13.2 Å². The number of hydrogen-bond acceptors (Lipinski definition) is 1. The van der Waals surface area contributed by atoms with Crippen molar-refractivity contribution < 1.29 is 4.79 Å². The third kappa shape index (κ3) is 10.6. The molecule has 2 nitrogen and oxygen atoms in total. The first-order chi connectivity index (χ1) is 7.16. The number of allylic oxidation sites excluding steroid dienone is 4. The lowest BCUT2D eigenvalue weighted by Gasteiger charge is -2.00. The molecule has 2 heteroatoms. The van der Waals surface area contributed by atoms with Crippen molar-refractivity contribution in [3.05, 3.63) is 37.0 Å². The average Bonchev–Trinajstić information content (AvgIpc) is 2.19. The monoisotopic (exact) mass is 207 g/mol. The summed E-state index contributed by atoms with van der Waals surface area (Å²) in [5.41, 5.74) is 6.17. The molecule has 0 heterocycles. The molecule has 0 aliphatic heterocycles. The van der Waals surface area contributed by atoms with Crippen molar-refractivity contribution in [2.45, 2.75) is 38.5 Å². The number of carbonyl (C=O) groups is 1. The molecule has 1 amide bonds. The summed E-state index contributed by atoms with van der Waals surface area (Å²) >= 11 is 0. The highest BCUT2D eigenvalue weighted by molar-refractivity contribution is 5.73. The molecular weight excluding hydrogens is 186 g/mol. The zero-order chi connectivity index (χ0) is 11.5. The van der Waals surface area contributed by atoms with E-state index in [1.54, 1.807) is 6.08 Å². The van der Waals surface area contributed by atoms with Crippen molar-refractivity contribution in [1.82, 2.24) is 0 Å². The summed E-state index contributed by atoms with van der Waals surface area (Å²) in [6.07, 6.45) is 11.4. The van der Waals surface area contributed by atoms with Gasteiger partial charge in [-0.2, -0.15) is 0 Å². The number of unbranched alkanes of at least 4 members (excludes halogenated alkanes) is 3. The minimum absolute atomic E-state index is 0.201. The first-order valence-corrected chi connectivity index (χ1v) is 5.42. The molecular formula is C13H21NO. The standard InChI is InChI=1S/C13H21NO/c1-3-4-9-12(2)10-7-5-6-8-11-13(14)15/h3-4,9H,1-2,5-8,10-11H2,(H2,14,15)/b9-4-. The van der Waals surface area contributed by atoms with Crippen LogP contribution in [0.1, 0.15) is 38.5 Å². The highest BCUT2D eigenvalue weighted by atomic mass is 16.1. The molecule has 0 saturated heterocycles. The molecule has 0 bridgehead atoms. The van der Waals surface area contributed by atoms with Crippen molar-refractivity contribution in [3.63, 3.8) is 0 Å². The van der Waals surface area contributed by atoms with E-state index in [1.807, 2.05) is 12.2 Å². The zero-order valence-electron chi connectivity index (χ0n) is 9.37. The number of nitrogens with two attached hydrogens (primary N) is 1. The lowest BCUT2D eigenvalue weighted by molar-refractivity contribution is -0.118. The van der Waals surface area contributed by atoms with Crippen molar-refractivity contribution in [2.24, 2.45) is 5.73 Å². The average molecular weight is 207 g/mol. The fourth-order valence-corrected chi connectivity index (χ4v) is 1.29. The molecule has 0 unspecified atom stereocenters. The number of hydrogen-bond donors (Lipinski definition) is 1. The quantitative estimate of drug-likeness (QED) is 0.458. The molecule has 0 radical (unpaired) electrons. The normalized spacial score (nSPS) is 10.4. The number of amides is 1. The van der Waals surface area contributed by atoms with E-state index in [0.717, 1.165) is 37.7 Å². The van der Waals surface area contributed by atoms with Crippen molar-refractivity contribution in [1.29, 1.82) is 0 Å². The summed E-state index contributed by atoms with van der Waals surface area (Å²) in [6, 6.07) is 0. The molecule has 0 saturated carbocycles. The Hall–Kier alpha value is -1.31. The molecule has 0 rings (SSSR count). The van der Waals surface area contributed by atoms with E-state index in [1.165, 1.54) is 0 Å². The summed E-state index contributed by atoms with van der Waals surface area (Å²) in [4.78, 5) is 10.4. The molecule has 15 heavy (non-hydrogen) atoms. The summed E-state index contributed by atoms with van der Waals surface area (Å²) in [5, 5.41) is 0. The van der Waals surface area contributed by atoms with Gasteiger partial charge in [0.05, 0.1) is 0 Å². The molecule has 0 atom stereocenters. The van der Waals surface area contributed by atoms with Crippen LogP contribution >= 0.6 is 0 Å². The Morgan fingerprint density at radius 3 is 2.27 bits per heavy atom. The molecule has 0 spiro atoms. The lowest BCUT2D eigenvalue weighted by atomic mass is 10.1. The molecule has 0 aromatic heterocycles. The fraction of sp³-hybridized carbons (Fsp3) is 0.462. The van der Waals surface area contributed by atoms with E-state index in [-0.39, 0.29) is 5.91 Å². The summed E-state index contributed by atoms with van der Waals surface area (Å²) < 4.78 is 0. The second-order valence-electron chi connectivity index (χ2n) is 3.63. The largest absolute Gasteiger partial charge is 0.370 e. The Morgan fingerprint density at radius 1 is 1.13 bits per heavy atom. The number of carbonyl (C=O) groups excluding carboxylic acids is 1. The SMILES string of the molecule is C=C/C=C\C(=C)CCCCCCC(N)=O. The van der Waals surface area contributed by atoms with Gasteiger partial charge in [0, 0.05) is 6.42 Å². The van der Waals surface area contributed by atoms with Gasteiger partial charge < -0.3 is 5.73 Å². The maximum Gasteiger partial charge on any atom is 0.217 e. The van der Waals surface area contributed by atoms with Gasteiger partial charge in [-0.15, -0.1) is 0 Å². The summed E-state index contributed by atoms with van der Waals surface area (Å²) in [7, 11) is 0. The Balaban J connectivity index is 3.31. The van der Waals surface area contributed by atoms with Gasteiger partial charge in [-0.3, -0.25) is 4.79 Å². The highest BCUT2D eigenvalue weighted by Crippen LogP contribution is 2.10. The molecule has 0 aromatic rings. The topological polar surface area (TPSA) is 43.1 Å². The fourth-order valence-electron chi connectivity index (χ4n) is 1.29. The van der Waals surface area contributed by atoms with Gasteiger partial charge in [0.15, 0.2) is 0 Å². The van der Waals surface area contributed by atoms with Crippen LogP contribution in [0.5, 0.6) is 0 Å². The maximum absolute atomic E-state index is 10.4. The van der Waals surface area contributed by atoms with Crippen LogP contribution in [0.15, 0.2) is 37.0 Å². The minimum atomic E-state index is -0.201. The molecule has 0 fully saturated rings. The van der Waals surface area contributed by atoms with Crippen LogP contribution in [0.4, 0.5) is 0 Å². The molecule has 0 aliphatic carbocycles. The molecule has 0 aliphatic rings. The van der Waals surface area contributed by atoms with Gasteiger partial charge in [-0.05, 0) is 19.3 Å². The predicted octanol–water partition coefficient (Wildman–Crippen LogP) is 3.11. The predicted molar refractivity (Wildman–Crippen MR) is 65.4 cm³/mol.